The van der Waals surface area contributed by atoms with E-state index in [4.69, 9.17) is 4.74 Å². The van der Waals surface area contributed by atoms with Gasteiger partial charge in [-0.1, -0.05) is 13.8 Å². The molecule has 0 aliphatic carbocycles. The summed E-state index contributed by atoms with van der Waals surface area (Å²) in [7, 11) is -2.34. The van der Waals surface area contributed by atoms with Crippen molar-refractivity contribution < 1.29 is 17.5 Å². The maximum Gasteiger partial charge on any atom is 0.235 e. The van der Waals surface area contributed by atoms with Crippen LogP contribution in [-0.4, -0.2) is 48.0 Å². The van der Waals surface area contributed by atoms with Crippen LogP contribution in [0.25, 0.3) is 11.4 Å². The molecule has 0 aliphatic rings. The molecule has 126 valence electrons. The molecule has 8 nitrogen and oxygen atoms in total. The predicted octanol–water partition coefficient (Wildman–Crippen LogP) is 1.42. The van der Waals surface area contributed by atoms with E-state index in [0.29, 0.717) is 5.56 Å². The number of aromatic amines is 1. The zero-order chi connectivity index (χ0) is 17.0. The molecule has 2 rings (SSSR count). The number of ether oxygens (including phenoxy) is 1. The van der Waals surface area contributed by atoms with Gasteiger partial charge in [0, 0.05) is 12.7 Å². The summed E-state index contributed by atoms with van der Waals surface area (Å²) >= 11 is 0. The van der Waals surface area contributed by atoms with Gasteiger partial charge < -0.3 is 4.74 Å². The van der Waals surface area contributed by atoms with Crippen molar-refractivity contribution in [2.45, 2.75) is 20.0 Å². The van der Waals surface area contributed by atoms with Crippen molar-refractivity contribution in [2.75, 3.05) is 17.6 Å². The van der Waals surface area contributed by atoms with Crippen molar-refractivity contribution in [3.63, 3.8) is 0 Å². The Kier molecular flexibility index (Phi) is 5.26. The monoisotopic (exact) mass is 343 g/mol. The molecule has 0 radical (unpaired) electrons. The standard InChI is InChI=1S/C13H18FN5O3S/c1-8(2)12(22-3)7-23(20,21)17-11-6-9(4-5-10(11)14)13-15-18-19-16-13/h4-6,8,12,17H,7H2,1-3H3,(H,15,16,18,19). The molecular formula is C13H18FN5O3S. The van der Waals surface area contributed by atoms with Crippen molar-refractivity contribution in [1.29, 1.82) is 0 Å². The maximum absolute atomic E-state index is 13.9. The maximum atomic E-state index is 13.9. The van der Waals surface area contributed by atoms with Crippen molar-refractivity contribution >= 4 is 15.7 Å². The summed E-state index contributed by atoms with van der Waals surface area (Å²) < 4.78 is 45.7. The van der Waals surface area contributed by atoms with E-state index in [1.807, 2.05) is 13.8 Å². The third-order valence-corrected chi connectivity index (χ3v) is 4.56. The molecule has 2 N–H and O–H groups in total. The Morgan fingerprint density at radius 1 is 1.39 bits per heavy atom. The van der Waals surface area contributed by atoms with Gasteiger partial charge in [-0.3, -0.25) is 4.72 Å². The van der Waals surface area contributed by atoms with E-state index in [0.717, 1.165) is 6.07 Å². The summed E-state index contributed by atoms with van der Waals surface area (Å²) in [6.07, 6.45) is -0.490. The number of halogens is 1. The Labute approximate surface area is 133 Å². The Morgan fingerprint density at radius 3 is 2.70 bits per heavy atom. The van der Waals surface area contributed by atoms with Gasteiger partial charge in [-0.15, -0.1) is 10.2 Å². The van der Waals surface area contributed by atoms with Crippen molar-refractivity contribution in [1.82, 2.24) is 20.6 Å². The van der Waals surface area contributed by atoms with E-state index in [-0.39, 0.29) is 23.2 Å². The van der Waals surface area contributed by atoms with E-state index < -0.39 is 21.9 Å². The lowest BCUT2D eigenvalue weighted by Crippen LogP contribution is -2.31. The number of tetrazole rings is 1. The molecule has 0 saturated heterocycles. The summed E-state index contributed by atoms with van der Waals surface area (Å²) in [6, 6.07) is 3.89. The number of H-pyrrole nitrogens is 1. The first-order valence-corrected chi connectivity index (χ1v) is 8.54. The molecule has 0 bridgehead atoms. The predicted molar refractivity (Wildman–Crippen MR) is 82.6 cm³/mol. The number of sulfonamides is 1. The number of aromatic nitrogens is 4. The molecule has 1 unspecified atom stereocenters. The Balaban J connectivity index is 2.23. The highest BCUT2D eigenvalue weighted by molar-refractivity contribution is 7.92. The van der Waals surface area contributed by atoms with Gasteiger partial charge in [0.25, 0.3) is 0 Å². The Morgan fingerprint density at radius 2 is 2.13 bits per heavy atom. The topological polar surface area (TPSA) is 110 Å². The SMILES string of the molecule is COC(CS(=O)(=O)Nc1cc(-c2nn[nH]n2)ccc1F)C(C)C. The van der Waals surface area contributed by atoms with E-state index in [9.17, 15) is 12.8 Å². The van der Waals surface area contributed by atoms with Gasteiger partial charge in [-0.2, -0.15) is 5.21 Å². The zero-order valence-electron chi connectivity index (χ0n) is 12.9. The molecule has 1 atom stereocenters. The van der Waals surface area contributed by atoms with Gasteiger partial charge in [0.2, 0.25) is 15.8 Å². The van der Waals surface area contributed by atoms with Crippen LogP contribution in [0.3, 0.4) is 0 Å². The fraction of sp³-hybridized carbons (Fsp3) is 0.462. The summed E-state index contributed by atoms with van der Waals surface area (Å²) in [5, 5.41) is 13.2. The van der Waals surface area contributed by atoms with Crippen LogP contribution < -0.4 is 4.72 Å². The lowest BCUT2D eigenvalue weighted by Gasteiger charge is -2.19. The minimum absolute atomic E-state index is 0.00656. The minimum atomic E-state index is -3.78. The molecule has 10 heteroatoms. The number of methoxy groups -OCH3 is 1. The third kappa shape index (κ3) is 4.45. The minimum Gasteiger partial charge on any atom is -0.380 e. The highest BCUT2D eigenvalue weighted by Crippen LogP contribution is 2.23. The first kappa shape index (κ1) is 17.3. The lowest BCUT2D eigenvalue weighted by atomic mass is 10.1. The Bertz CT molecular complexity index is 749. The molecular weight excluding hydrogens is 325 g/mol. The van der Waals surface area contributed by atoms with Gasteiger partial charge in [0.05, 0.1) is 17.5 Å². The molecule has 0 fully saturated rings. The first-order chi connectivity index (χ1) is 10.8. The van der Waals surface area contributed by atoms with Gasteiger partial charge in [-0.25, -0.2) is 12.8 Å². The van der Waals surface area contributed by atoms with E-state index in [1.54, 1.807) is 0 Å². The number of nitrogens with one attached hydrogen (secondary N) is 2. The largest absolute Gasteiger partial charge is 0.380 e. The molecule has 0 spiro atoms. The average molecular weight is 343 g/mol. The smallest absolute Gasteiger partial charge is 0.235 e. The fourth-order valence-electron chi connectivity index (χ4n) is 1.98. The fourth-order valence-corrected chi connectivity index (χ4v) is 3.51. The Hall–Kier alpha value is -2.07. The number of hydrogen-bond acceptors (Lipinski definition) is 6. The first-order valence-electron chi connectivity index (χ1n) is 6.89. The van der Waals surface area contributed by atoms with Crippen LogP contribution in [-0.2, 0) is 14.8 Å². The number of nitrogens with zero attached hydrogens (tertiary/aromatic N) is 3. The number of benzene rings is 1. The summed E-state index contributed by atoms with van der Waals surface area (Å²) in [6.45, 7) is 3.70. The van der Waals surface area contributed by atoms with Crippen molar-refractivity contribution in [3.8, 4) is 11.4 Å². The van der Waals surface area contributed by atoms with Crippen LogP contribution in [0.5, 0.6) is 0 Å². The van der Waals surface area contributed by atoms with Crippen molar-refractivity contribution in [2.24, 2.45) is 5.92 Å². The lowest BCUT2D eigenvalue weighted by molar-refractivity contribution is 0.0829. The van der Waals surface area contributed by atoms with E-state index >= 15 is 0 Å². The van der Waals surface area contributed by atoms with E-state index in [1.165, 1.54) is 19.2 Å². The number of rotatable bonds is 7. The van der Waals surface area contributed by atoms with Crippen molar-refractivity contribution in [3.05, 3.63) is 24.0 Å². The van der Waals surface area contributed by atoms with Gasteiger partial charge >= 0.3 is 0 Å². The van der Waals surface area contributed by atoms with Crippen LogP contribution in [0.4, 0.5) is 10.1 Å². The molecule has 0 aliphatic heterocycles. The summed E-state index contributed by atoms with van der Waals surface area (Å²) in [5.41, 5.74) is 0.260. The van der Waals surface area contributed by atoms with E-state index in [2.05, 4.69) is 25.3 Å². The quantitative estimate of drug-likeness (QED) is 0.787. The van der Waals surface area contributed by atoms with Gasteiger partial charge in [0.15, 0.2) is 0 Å². The zero-order valence-corrected chi connectivity index (χ0v) is 13.8. The van der Waals surface area contributed by atoms with Gasteiger partial charge in [0.1, 0.15) is 5.82 Å². The number of hydrogen-bond donors (Lipinski definition) is 2. The van der Waals surface area contributed by atoms with Crippen LogP contribution in [0, 0.1) is 11.7 Å². The van der Waals surface area contributed by atoms with Crippen LogP contribution in [0.2, 0.25) is 0 Å². The second-order valence-electron chi connectivity index (χ2n) is 5.33. The summed E-state index contributed by atoms with van der Waals surface area (Å²) in [4.78, 5) is 0. The molecule has 23 heavy (non-hydrogen) atoms. The molecule has 1 heterocycles. The number of anilines is 1. The normalized spacial score (nSPS) is 13.3. The highest BCUT2D eigenvalue weighted by Gasteiger charge is 2.23. The second-order valence-corrected chi connectivity index (χ2v) is 7.10. The summed E-state index contributed by atoms with van der Waals surface area (Å²) in [5.74, 6) is -0.721. The molecule has 1 aromatic heterocycles. The molecule has 1 aromatic carbocycles. The van der Waals surface area contributed by atoms with Crippen LogP contribution in [0.15, 0.2) is 18.2 Å². The molecule has 0 amide bonds. The van der Waals surface area contributed by atoms with Crippen LogP contribution in [0.1, 0.15) is 13.8 Å². The third-order valence-electron chi connectivity index (χ3n) is 3.27. The van der Waals surface area contributed by atoms with Gasteiger partial charge in [-0.05, 0) is 29.3 Å². The second kappa shape index (κ2) is 7.01. The molecule has 0 saturated carbocycles. The molecule has 2 aromatic rings. The average Bonchev–Trinajstić information content (AvgIpc) is 3.01. The highest BCUT2D eigenvalue weighted by atomic mass is 32.2. The van der Waals surface area contributed by atoms with Crippen LogP contribution >= 0.6 is 0 Å².